The molecule has 0 radical (unpaired) electrons. The molecule has 7 nitrogen and oxygen atoms in total. The number of H-pyrrole nitrogens is 1. The maximum atomic E-state index is 12.6. The predicted molar refractivity (Wildman–Crippen MR) is 79.6 cm³/mol. The van der Waals surface area contributed by atoms with Gasteiger partial charge in [0.25, 0.3) is 5.91 Å². The van der Waals surface area contributed by atoms with Crippen molar-refractivity contribution in [3.05, 3.63) is 21.7 Å². The number of carbonyl (C=O) groups excluding carboxylic acids is 2. The number of ether oxygens (including phenoxy) is 1. The third kappa shape index (κ3) is 4.32. The second-order valence-corrected chi connectivity index (χ2v) is 5.06. The molecule has 1 heterocycles. The summed E-state index contributed by atoms with van der Waals surface area (Å²) >= 11 is 1.24. The predicted octanol–water partition coefficient (Wildman–Crippen LogP) is 0.825. The number of thioether (sulfide) groups is 1. The van der Waals surface area contributed by atoms with E-state index in [-0.39, 0.29) is 24.8 Å². The van der Waals surface area contributed by atoms with Gasteiger partial charge in [0.2, 0.25) is 0 Å². The van der Waals surface area contributed by atoms with Crippen LogP contribution >= 0.6 is 11.8 Å². The number of aromatic amines is 1. The first kappa shape index (κ1) is 17.2. The lowest BCUT2D eigenvalue weighted by atomic mass is 10.2. The Morgan fingerprint density at radius 2 is 2.10 bits per heavy atom. The largest absolute Gasteiger partial charge is 0.469 e. The number of hydrogen-bond acceptors (Lipinski definition) is 6. The summed E-state index contributed by atoms with van der Waals surface area (Å²) in [5.41, 5.74) is 0.362. The fourth-order valence-corrected chi connectivity index (χ4v) is 2.47. The Kier molecular flexibility index (Phi) is 6.41. The molecule has 1 rings (SSSR count). The number of nitrogens with one attached hydrogen (secondary N) is 1. The van der Waals surface area contributed by atoms with Gasteiger partial charge in [-0.25, -0.2) is 4.79 Å². The zero-order valence-corrected chi connectivity index (χ0v) is 13.4. The van der Waals surface area contributed by atoms with Crippen LogP contribution in [0.4, 0.5) is 0 Å². The highest BCUT2D eigenvalue weighted by atomic mass is 32.2. The lowest BCUT2D eigenvalue weighted by Crippen LogP contribution is -2.35. The van der Waals surface area contributed by atoms with Crippen molar-refractivity contribution in [1.29, 1.82) is 0 Å². The van der Waals surface area contributed by atoms with Crippen molar-refractivity contribution in [2.24, 2.45) is 0 Å². The molecule has 0 aliphatic heterocycles. The second-order valence-electron chi connectivity index (χ2n) is 4.26. The molecule has 0 saturated heterocycles. The number of carbonyl (C=O) groups is 2. The van der Waals surface area contributed by atoms with E-state index in [1.165, 1.54) is 23.8 Å². The fraction of sp³-hybridized carbons (Fsp3) is 0.538. The summed E-state index contributed by atoms with van der Waals surface area (Å²) in [6.07, 6.45) is 1.88. The highest BCUT2D eigenvalue weighted by Gasteiger charge is 2.22. The molecule has 0 bridgehead atoms. The molecule has 0 saturated carbocycles. The molecule has 0 unspecified atom stereocenters. The SMILES string of the molecule is CCN(CCC(=O)OC)C(=O)c1c(SC)nc(=O)[nH]c1C. The minimum absolute atomic E-state index is 0.126. The van der Waals surface area contributed by atoms with Crippen molar-refractivity contribution >= 4 is 23.6 Å². The van der Waals surface area contributed by atoms with Gasteiger partial charge in [-0.05, 0) is 20.1 Å². The monoisotopic (exact) mass is 313 g/mol. The van der Waals surface area contributed by atoms with Crippen molar-refractivity contribution < 1.29 is 14.3 Å². The third-order valence-electron chi connectivity index (χ3n) is 2.98. The minimum atomic E-state index is -0.481. The lowest BCUT2D eigenvalue weighted by Gasteiger charge is -2.22. The zero-order valence-electron chi connectivity index (χ0n) is 12.6. The van der Waals surface area contributed by atoms with Crippen LogP contribution in [0.3, 0.4) is 0 Å². The van der Waals surface area contributed by atoms with E-state index < -0.39 is 5.69 Å². The van der Waals surface area contributed by atoms with Gasteiger partial charge >= 0.3 is 11.7 Å². The summed E-state index contributed by atoms with van der Waals surface area (Å²) in [7, 11) is 1.31. The van der Waals surface area contributed by atoms with Crippen LogP contribution in [0.2, 0.25) is 0 Å². The van der Waals surface area contributed by atoms with Crippen molar-refractivity contribution in [2.45, 2.75) is 25.3 Å². The first-order valence-corrected chi connectivity index (χ1v) is 7.68. The van der Waals surface area contributed by atoms with Gasteiger partial charge in [-0.15, -0.1) is 11.8 Å². The van der Waals surface area contributed by atoms with Crippen LogP contribution in [0, 0.1) is 6.92 Å². The van der Waals surface area contributed by atoms with Crippen molar-refractivity contribution in [1.82, 2.24) is 14.9 Å². The van der Waals surface area contributed by atoms with Gasteiger partial charge in [0.05, 0.1) is 19.1 Å². The molecule has 1 aromatic rings. The smallest absolute Gasteiger partial charge is 0.346 e. The second kappa shape index (κ2) is 7.82. The number of methoxy groups -OCH3 is 1. The highest BCUT2D eigenvalue weighted by molar-refractivity contribution is 7.98. The van der Waals surface area contributed by atoms with E-state index in [9.17, 15) is 14.4 Å². The van der Waals surface area contributed by atoms with Gasteiger partial charge in [0, 0.05) is 18.8 Å². The Balaban J connectivity index is 3.05. The van der Waals surface area contributed by atoms with Crippen LogP contribution in [-0.4, -0.2) is 53.2 Å². The summed E-state index contributed by atoms with van der Waals surface area (Å²) in [6, 6.07) is 0. The number of hydrogen-bond donors (Lipinski definition) is 1. The Hall–Kier alpha value is -1.83. The van der Waals surface area contributed by atoms with Crippen molar-refractivity contribution in [2.75, 3.05) is 26.5 Å². The Morgan fingerprint density at radius 3 is 2.62 bits per heavy atom. The van der Waals surface area contributed by atoms with Gasteiger partial charge in [-0.3, -0.25) is 9.59 Å². The molecule has 1 N–H and O–H groups in total. The molecular formula is C13H19N3O4S. The highest BCUT2D eigenvalue weighted by Crippen LogP contribution is 2.20. The number of aromatic nitrogens is 2. The van der Waals surface area contributed by atoms with E-state index in [1.54, 1.807) is 13.2 Å². The van der Waals surface area contributed by atoms with E-state index >= 15 is 0 Å². The van der Waals surface area contributed by atoms with E-state index in [2.05, 4.69) is 14.7 Å². The normalized spacial score (nSPS) is 10.3. The van der Waals surface area contributed by atoms with Gasteiger partial charge in [0.1, 0.15) is 5.03 Å². The quantitative estimate of drug-likeness (QED) is 0.475. The molecule has 116 valence electrons. The van der Waals surface area contributed by atoms with Crippen molar-refractivity contribution in [3.8, 4) is 0 Å². The van der Waals surface area contributed by atoms with Crippen LogP contribution < -0.4 is 5.69 Å². The van der Waals surface area contributed by atoms with Crippen molar-refractivity contribution in [3.63, 3.8) is 0 Å². The van der Waals surface area contributed by atoms with Gasteiger partial charge in [0.15, 0.2) is 0 Å². The summed E-state index contributed by atoms with van der Waals surface area (Å²) in [4.78, 5) is 43.0. The molecule has 0 fully saturated rings. The molecule has 1 aromatic heterocycles. The summed E-state index contributed by atoms with van der Waals surface area (Å²) in [5, 5.41) is 0.387. The number of aryl methyl sites for hydroxylation is 1. The average Bonchev–Trinajstić information content (AvgIpc) is 2.46. The molecule has 0 aromatic carbocycles. The molecule has 21 heavy (non-hydrogen) atoms. The van der Waals surface area contributed by atoms with Gasteiger partial charge in [-0.2, -0.15) is 4.98 Å². The molecule has 0 atom stereocenters. The lowest BCUT2D eigenvalue weighted by molar-refractivity contribution is -0.140. The maximum absolute atomic E-state index is 12.6. The maximum Gasteiger partial charge on any atom is 0.346 e. The molecule has 0 spiro atoms. The number of rotatable bonds is 6. The Bertz CT molecular complexity index is 585. The van der Waals surface area contributed by atoms with Crippen LogP contribution in [0.5, 0.6) is 0 Å². The number of nitrogens with zero attached hydrogens (tertiary/aromatic N) is 2. The first-order chi connectivity index (χ1) is 9.94. The standard InChI is InChI=1S/C13H19N3O4S/c1-5-16(7-6-9(17)20-3)12(18)10-8(2)14-13(19)15-11(10)21-4/h5-7H2,1-4H3,(H,14,15,19). The first-order valence-electron chi connectivity index (χ1n) is 6.45. The van der Waals surface area contributed by atoms with Gasteiger partial charge < -0.3 is 14.6 Å². The molecule has 0 aliphatic rings. The van der Waals surface area contributed by atoms with Crippen LogP contribution in [-0.2, 0) is 9.53 Å². The molecular weight excluding hydrogens is 294 g/mol. The van der Waals surface area contributed by atoms with E-state index in [0.29, 0.717) is 22.8 Å². The number of esters is 1. The molecule has 8 heteroatoms. The van der Waals surface area contributed by atoms with E-state index in [1.807, 2.05) is 6.92 Å². The Morgan fingerprint density at radius 1 is 1.43 bits per heavy atom. The fourth-order valence-electron chi connectivity index (χ4n) is 1.85. The average molecular weight is 313 g/mol. The minimum Gasteiger partial charge on any atom is -0.469 e. The molecule has 0 aliphatic carbocycles. The number of amides is 1. The topological polar surface area (TPSA) is 92.4 Å². The van der Waals surface area contributed by atoms with E-state index in [0.717, 1.165) is 0 Å². The van der Waals surface area contributed by atoms with Crippen LogP contribution in [0.25, 0.3) is 0 Å². The van der Waals surface area contributed by atoms with Gasteiger partial charge in [-0.1, -0.05) is 0 Å². The Labute approximate surface area is 127 Å². The zero-order chi connectivity index (χ0) is 16.0. The third-order valence-corrected chi connectivity index (χ3v) is 3.66. The van der Waals surface area contributed by atoms with Crippen LogP contribution in [0.1, 0.15) is 29.4 Å². The summed E-state index contributed by atoms with van der Waals surface area (Å²) < 4.78 is 4.57. The summed E-state index contributed by atoms with van der Waals surface area (Å²) in [6.45, 7) is 4.18. The van der Waals surface area contributed by atoms with Crippen LogP contribution in [0.15, 0.2) is 9.82 Å². The summed E-state index contributed by atoms with van der Waals surface area (Å²) in [5.74, 6) is -0.630. The molecule has 1 amide bonds. The van der Waals surface area contributed by atoms with E-state index in [4.69, 9.17) is 0 Å².